The van der Waals surface area contributed by atoms with Gasteiger partial charge in [-0.1, -0.05) is 19.9 Å². The largest absolute Gasteiger partial charge is 0.385 e. The summed E-state index contributed by atoms with van der Waals surface area (Å²) in [5, 5.41) is 6.10. The monoisotopic (exact) mass is 206 g/mol. The third-order valence-corrected chi connectivity index (χ3v) is 2.05. The topological polar surface area (TPSA) is 41.1 Å². The van der Waals surface area contributed by atoms with E-state index in [4.69, 9.17) is 0 Å². The SMILES string of the molecule is CCCNc1cccc(NC(=O)CC)c1. The van der Waals surface area contributed by atoms with Crippen LogP contribution in [0.4, 0.5) is 11.4 Å². The number of carbonyl (C=O) groups is 1. The molecule has 1 amide bonds. The van der Waals surface area contributed by atoms with Crippen LogP contribution in [0, 0.1) is 0 Å². The highest BCUT2D eigenvalue weighted by Crippen LogP contribution is 2.15. The van der Waals surface area contributed by atoms with Crippen molar-refractivity contribution in [3.63, 3.8) is 0 Å². The standard InChI is InChI=1S/C12H18N2O/c1-3-8-13-10-6-5-7-11(9-10)14-12(15)4-2/h5-7,9,13H,3-4,8H2,1-2H3,(H,14,15). The summed E-state index contributed by atoms with van der Waals surface area (Å²) in [5.74, 6) is 0.0441. The Hall–Kier alpha value is -1.51. The van der Waals surface area contributed by atoms with E-state index in [-0.39, 0.29) is 5.91 Å². The van der Waals surface area contributed by atoms with E-state index in [1.54, 1.807) is 0 Å². The number of carbonyl (C=O) groups excluding carboxylic acids is 1. The number of rotatable bonds is 5. The van der Waals surface area contributed by atoms with Gasteiger partial charge >= 0.3 is 0 Å². The molecule has 1 rings (SSSR count). The molecule has 3 nitrogen and oxygen atoms in total. The van der Waals surface area contributed by atoms with Crippen molar-refractivity contribution in [1.29, 1.82) is 0 Å². The van der Waals surface area contributed by atoms with Crippen LogP contribution < -0.4 is 10.6 Å². The second kappa shape index (κ2) is 6.06. The van der Waals surface area contributed by atoms with Gasteiger partial charge < -0.3 is 10.6 Å². The average molecular weight is 206 g/mol. The minimum absolute atomic E-state index is 0.0441. The molecule has 3 heteroatoms. The zero-order valence-electron chi connectivity index (χ0n) is 9.34. The molecule has 1 aromatic rings. The Kier molecular flexibility index (Phi) is 4.68. The van der Waals surface area contributed by atoms with Crippen molar-refractivity contribution in [3.8, 4) is 0 Å². The van der Waals surface area contributed by atoms with Crippen molar-refractivity contribution in [2.75, 3.05) is 17.2 Å². The molecule has 0 atom stereocenters. The fourth-order valence-corrected chi connectivity index (χ4v) is 1.23. The molecule has 2 N–H and O–H groups in total. The zero-order valence-corrected chi connectivity index (χ0v) is 9.34. The van der Waals surface area contributed by atoms with Gasteiger partial charge in [-0.3, -0.25) is 4.79 Å². The molecule has 0 aromatic heterocycles. The first kappa shape index (κ1) is 11.6. The van der Waals surface area contributed by atoms with E-state index in [0.29, 0.717) is 6.42 Å². The maximum absolute atomic E-state index is 11.2. The molecule has 0 saturated carbocycles. The number of nitrogens with one attached hydrogen (secondary N) is 2. The van der Waals surface area contributed by atoms with Crippen LogP contribution in [0.5, 0.6) is 0 Å². The quantitative estimate of drug-likeness (QED) is 0.777. The smallest absolute Gasteiger partial charge is 0.224 e. The minimum atomic E-state index is 0.0441. The molecule has 0 aliphatic rings. The Labute approximate surface area is 90.9 Å². The van der Waals surface area contributed by atoms with Crippen molar-refractivity contribution in [1.82, 2.24) is 0 Å². The van der Waals surface area contributed by atoms with E-state index in [1.807, 2.05) is 31.2 Å². The molecule has 0 radical (unpaired) electrons. The normalized spacial score (nSPS) is 9.73. The molecule has 0 aliphatic heterocycles. The lowest BCUT2D eigenvalue weighted by molar-refractivity contribution is -0.115. The summed E-state index contributed by atoms with van der Waals surface area (Å²) < 4.78 is 0. The van der Waals surface area contributed by atoms with Crippen molar-refractivity contribution in [3.05, 3.63) is 24.3 Å². The van der Waals surface area contributed by atoms with E-state index >= 15 is 0 Å². The highest BCUT2D eigenvalue weighted by Gasteiger charge is 1.99. The molecular formula is C12H18N2O. The Balaban J connectivity index is 2.61. The summed E-state index contributed by atoms with van der Waals surface area (Å²) in [7, 11) is 0. The molecule has 0 fully saturated rings. The van der Waals surface area contributed by atoms with Gasteiger partial charge in [-0.05, 0) is 24.6 Å². The molecular weight excluding hydrogens is 188 g/mol. The first-order chi connectivity index (χ1) is 7.26. The Morgan fingerprint density at radius 3 is 2.67 bits per heavy atom. The van der Waals surface area contributed by atoms with Gasteiger partial charge in [0.25, 0.3) is 0 Å². The number of anilines is 2. The third kappa shape index (κ3) is 4.02. The average Bonchev–Trinajstić information content (AvgIpc) is 2.26. The first-order valence-corrected chi connectivity index (χ1v) is 5.40. The van der Waals surface area contributed by atoms with Crippen LogP contribution in [0.15, 0.2) is 24.3 Å². The minimum Gasteiger partial charge on any atom is -0.385 e. The van der Waals surface area contributed by atoms with Crippen molar-refractivity contribution < 1.29 is 4.79 Å². The summed E-state index contributed by atoms with van der Waals surface area (Å²) in [4.78, 5) is 11.2. The van der Waals surface area contributed by atoms with Crippen LogP contribution in [-0.4, -0.2) is 12.5 Å². The number of benzene rings is 1. The van der Waals surface area contributed by atoms with Gasteiger partial charge in [0.2, 0.25) is 5.91 Å². The number of amides is 1. The van der Waals surface area contributed by atoms with E-state index in [0.717, 1.165) is 24.3 Å². The Bertz CT molecular complexity index is 323. The second-order valence-electron chi connectivity index (χ2n) is 3.41. The van der Waals surface area contributed by atoms with Crippen LogP contribution in [0.3, 0.4) is 0 Å². The molecule has 0 heterocycles. The van der Waals surface area contributed by atoms with Crippen molar-refractivity contribution >= 4 is 17.3 Å². The van der Waals surface area contributed by atoms with E-state index in [2.05, 4.69) is 17.6 Å². The lowest BCUT2D eigenvalue weighted by Gasteiger charge is -2.08. The molecule has 82 valence electrons. The highest BCUT2D eigenvalue weighted by atomic mass is 16.1. The fraction of sp³-hybridized carbons (Fsp3) is 0.417. The lowest BCUT2D eigenvalue weighted by Crippen LogP contribution is -2.09. The number of hydrogen-bond acceptors (Lipinski definition) is 2. The summed E-state index contributed by atoms with van der Waals surface area (Å²) in [5.41, 5.74) is 1.90. The van der Waals surface area contributed by atoms with Crippen molar-refractivity contribution in [2.45, 2.75) is 26.7 Å². The van der Waals surface area contributed by atoms with Gasteiger partial charge in [0, 0.05) is 24.3 Å². The summed E-state index contributed by atoms with van der Waals surface area (Å²) in [6, 6.07) is 7.77. The predicted molar refractivity (Wildman–Crippen MR) is 64.1 cm³/mol. The van der Waals surface area contributed by atoms with Gasteiger partial charge in [0.05, 0.1) is 0 Å². The molecule has 0 saturated heterocycles. The molecule has 15 heavy (non-hydrogen) atoms. The third-order valence-electron chi connectivity index (χ3n) is 2.05. The maximum atomic E-state index is 11.2. The van der Waals surface area contributed by atoms with E-state index in [1.165, 1.54) is 0 Å². The fourth-order valence-electron chi connectivity index (χ4n) is 1.23. The first-order valence-electron chi connectivity index (χ1n) is 5.40. The highest BCUT2D eigenvalue weighted by molar-refractivity contribution is 5.90. The van der Waals surface area contributed by atoms with Gasteiger partial charge in [0.15, 0.2) is 0 Å². The van der Waals surface area contributed by atoms with Crippen LogP contribution in [0.2, 0.25) is 0 Å². The Morgan fingerprint density at radius 1 is 1.27 bits per heavy atom. The molecule has 1 aromatic carbocycles. The maximum Gasteiger partial charge on any atom is 0.224 e. The predicted octanol–water partition coefficient (Wildman–Crippen LogP) is 2.86. The van der Waals surface area contributed by atoms with Crippen LogP contribution in [-0.2, 0) is 4.79 Å². The number of hydrogen-bond donors (Lipinski definition) is 2. The van der Waals surface area contributed by atoms with Gasteiger partial charge in [0.1, 0.15) is 0 Å². The molecule has 0 aliphatic carbocycles. The van der Waals surface area contributed by atoms with Crippen LogP contribution in [0.1, 0.15) is 26.7 Å². The lowest BCUT2D eigenvalue weighted by atomic mass is 10.2. The second-order valence-corrected chi connectivity index (χ2v) is 3.41. The van der Waals surface area contributed by atoms with Crippen LogP contribution >= 0.6 is 0 Å². The zero-order chi connectivity index (χ0) is 11.1. The summed E-state index contributed by atoms with van der Waals surface area (Å²) >= 11 is 0. The van der Waals surface area contributed by atoms with Crippen LogP contribution in [0.25, 0.3) is 0 Å². The Morgan fingerprint density at radius 2 is 2.00 bits per heavy atom. The van der Waals surface area contributed by atoms with E-state index in [9.17, 15) is 4.79 Å². The molecule has 0 bridgehead atoms. The summed E-state index contributed by atoms with van der Waals surface area (Å²) in [6.45, 7) is 4.91. The van der Waals surface area contributed by atoms with Gasteiger partial charge in [-0.25, -0.2) is 0 Å². The van der Waals surface area contributed by atoms with Gasteiger partial charge in [-0.2, -0.15) is 0 Å². The van der Waals surface area contributed by atoms with Gasteiger partial charge in [-0.15, -0.1) is 0 Å². The van der Waals surface area contributed by atoms with E-state index < -0.39 is 0 Å². The summed E-state index contributed by atoms with van der Waals surface area (Å²) in [6.07, 6.45) is 1.60. The molecule has 0 spiro atoms. The van der Waals surface area contributed by atoms with Crippen molar-refractivity contribution in [2.24, 2.45) is 0 Å². The molecule has 0 unspecified atom stereocenters.